The lowest BCUT2D eigenvalue weighted by Gasteiger charge is -2.42. The minimum atomic E-state index is -3.02. The van der Waals surface area contributed by atoms with Gasteiger partial charge in [-0.25, -0.2) is 0 Å². The molecule has 2 N–H and O–H groups in total. The van der Waals surface area contributed by atoms with E-state index in [2.05, 4.69) is 4.74 Å². The quantitative estimate of drug-likeness (QED) is 0.880. The predicted molar refractivity (Wildman–Crippen MR) is 62.4 cm³/mol. The summed E-state index contributed by atoms with van der Waals surface area (Å²) < 4.78 is 29.4. The molecule has 19 heavy (non-hydrogen) atoms. The van der Waals surface area contributed by atoms with Crippen molar-refractivity contribution < 1.29 is 28.5 Å². The first-order chi connectivity index (χ1) is 8.86. The number of ether oxygens (including phenoxy) is 1. The molecular formula is C13H14F2O4. The number of benzene rings is 1. The van der Waals surface area contributed by atoms with Crippen molar-refractivity contribution in [2.24, 2.45) is 0 Å². The fourth-order valence-corrected chi connectivity index (χ4v) is 2.53. The highest BCUT2D eigenvalue weighted by Crippen LogP contribution is 2.48. The summed E-state index contributed by atoms with van der Waals surface area (Å²) >= 11 is 0. The third-order valence-electron chi connectivity index (χ3n) is 3.51. The van der Waals surface area contributed by atoms with Crippen LogP contribution in [0, 0.1) is 6.92 Å². The third-order valence-corrected chi connectivity index (χ3v) is 3.51. The largest absolute Gasteiger partial charge is 0.481 e. The van der Waals surface area contributed by atoms with E-state index in [-0.39, 0.29) is 24.2 Å². The van der Waals surface area contributed by atoms with Crippen LogP contribution in [0.15, 0.2) is 18.2 Å². The number of halogens is 2. The van der Waals surface area contributed by atoms with Gasteiger partial charge in [0.1, 0.15) is 11.2 Å². The average Bonchev–Trinajstić information content (AvgIpc) is 2.26. The van der Waals surface area contributed by atoms with Gasteiger partial charge in [0.15, 0.2) is 0 Å². The number of carbonyl (C=O) groups is 1. The van der Waals surface area contributed by atoms with Crippen molar-refractivity contribution in [3.63, 3.8) is 0 Å². The summed E-state index contributed by atoms with van der Waals surface area (Å²) in [7, 11) is 0. The molecule has 6 heteroatoms. The molecule has 0 bridgehead atoms. The Labute approximate surface area is 108 Å². The van der Waals surface area contributed by atoms with Crippen LogP contribution in [-0.2, 0) is 10.2 Å². The molecule has 0 heterocycles. The fourth-order valence-electron chi connectivity index (χ4n) is 2.53. The number of aliphatic hydroxyl groups is 1. The second-order valence-corrected chi connectivity index (χ2v) is 4.78. The Kier molecular flexibility index (Phi) is 3.45. The molecule has 0 atom stereocenters. The Morgan fingerprint density at radius 1 is 1.47 bits per heavy atom. The topological polar surface area (TPSA) is 66.8 Å². The van der Waals surface area contributed by atoms with Gasteiger partial charge in [0, 0.05) is 5.56 Å². The molecule has 1 saturated carbocycles. The number of hydrogen-bond donors (Lipinski definition) is 2. The van der Waals surface area contributed by atoms with Gasteiger partial charge < -0.3 is 14.9 Å². The zero-order valence-electron chi connectivity index (χ0n) is 10.3. The van der Waals surface area contributed by atoms with Gasteiger partial charge in [-0.15, -0.1) is 0 Å². The van der Waals surface area contributed by atoms with Crippen LogP contribution >= 0.6 is 0 Å². The van der Waals surface area contributed by atoms with Crippen molar-refractivity contribution in [3.05, 3.63) is 29.3 Å². The maximum Gasteiger partial charge on any atom is 0.387 e. The summed E-state index contributed by atoms with van der Waals surface area (Å²) in [5.41, 5.74) is -0.694. The first-order valence-corrected chi connectivity index (χ1v) is 5.83. The van der Waals surface area contributed by atoms with Crippen LogP contribution in [0.25, 0.3) is 0 Å². The minimum Gasteiger partial charge on any atom is -0.481 e. The Morgan fingerprint density at radius 2 is 2.11 bits per heavy atom. The maximum absolute atomic E-state index is 12.4. The molecule has 1 aliphatic rings. The van der Waals surface area contributed by atoms with Gasteiger partial charge in [-0.2, -0.15) is 8.78 Å². The number of aliphatic carboxylic acids is 1. The van der Waals surface area contributed by atoms with E-state index in [1.54, 1.807) is 19.1 Å². The minimum absolute atomic E-state index is 0.00534. The summed E-state index contributed by atoms with van der Waals surface area (Å²) in [6.07, 6.45) is -0.715. The average molecular weight is 272 g/mol. The van der Waals surface area contributed by atoms with Gasteiger partial charge in [-0.1, -0.05) is 18.2 Å². The number of aliphatic hydroxyl groups excluding tert-OH is 1. The number of alkyl halides is 2. The summed E-state index contributed by atoms with van der Waals surface area (Å²) in [5, 5.41) is 18.7. The lowest BCUT2D eigenvalue weighted by molar-refractivity contribution is -0.153. The van der Waals surface area contributed by atoms with E-state index in [4.69, 9.17) is 0 Å². The van der Waals surface area contributed by atoms with Gasteiger partial charge in [-0.05, 0) is 25.3 Å². The molecule has 1 aromatic carbocycles. The van der Waals surface area contributed by atoms with Crippen molar-refractivity contribution in [1.82, 2.24) is 0 Å². The van der Waals surface area contributed by atoms with Crippen molar-refractivity contribution >= 4 is 5.97 Å². The van der Waals surface area contributed by atoms with Crippen LogP contribution in [0.5, 0.6) is 5.75 Å². The van der Waals surface area contributed by atoms with Gasteiger partial charge in [0.2, 0.25) is 0 Å². The second kappa shape index (κ2) is 4.77. The zero-order valence-corrected chi connectivity index (χ0v) is 10.3. The van der Waals surface area contributed by atoms with E-state index in [0.717, 1.165) is 0 Å². The molecule has 0 unspecified atom stereocenters. The highest BCUT2D eigenvalue weighted by atomic mass is 19.3. The first kappa shape index (κ1) is 13.7. The SMILES string of the molecule is Cc1cccc(C2(C(=O)O)CC(O)C2)c1OC(F)F. The molecule has 0 saturated heterocycles. The summed E-state index contributed by atoms with van der Waals surface area (Å²) in [6.45, 7) is -1.44. The third kappa shape index (κ3) is 2.28. The van der Waals surface area contributed by atoms with E-state index in [1.165, 1.54) is 6.07 Å². The van der Waals surface area contributed by atoms with Crippen LogP contribution in [0.1, 0.15) is 24.0 Å². The second-order valence-electron chi connectivity index (χ2n) is 4.78. The molecule has 0 radical (unpaired) electrons. The van der Waals surface area contributed by atoms with Crippen LogP contribution < -0.4 is 4.74 Å². The molecule has 0 aliphatic heterocycles. The molecule has 1 aromatic rings. The Bertz CT molecular complexity index is 495. The number of carboxylic acids is 1. The van der Waals surface area contributed by atoms with Gasteiger partial charge in [-0.3, -0.25) is 4.79 Å². The molecule has 104 valence electrons. The first-order valence-electron chi connectivity index (χ1n) is 5.83. The number of aryl methyl sites for hydroxylation is 1. The number of hydrogen-bond acceptors (Lipinski definition) is 3. The van der Waals surface area contributed by atoms with Crippen LogP contribution in [0.3, 0.4) is 0 Å². The number of carboxylic acid groups (broad SMARTS) is 1. The van der Waals surface area contributed by atoms with Crippen molar-refractivity contribution in [2.45, 2.75) is 37.9 Å². The van der Waals surface area contributed by atoms with E-state index >= 15 is 0 Å². The summed E-state index contributed by atoms with van der Waals surface area (Å²) in [4.78, 5) is 11.4. The van der Waals surface area contributed by atoms with Gasteiger partial charge >= 0.3 is 12.6 Å². The van der Waals surface area contributed by atoms with Crippen LogP contribution in [0.4, 0.5) is 8.78 Å². The molecule has 1 aliphatic carbocycles. The van der Waals surface area contributed by atoms with E-state index in [0.29, 0.717) is 5.56 Å². The Balaban J connectivity index is 2.49. The maximum atomic E-state index is 12.4. The molecule has 0 amide bonds. The van der Waals surface area contributed by atoms with Gasteiger partial charge in [0.25, 0.3) is 0 Å². The normalized spacial score (nSPS) is 26.1. The van der Waals surface area contributed by atoms with Crippen LogP contribution in [-0.4, -0.2) is 28.9 Å². The van der Waals surface area contributed by atoms with Crippen molar-refractivity contribution in [3.8, 4) is 5.75 Å². The fraction of sp³-hybridized carbons (Fsp3) is 0.462. The molecule has 0 spiro atoms. The molecule has 1 fully saturated rings. The lowest BCUT2D eigenvalue weighted by Crippen LogP contribution is -2.50. The summed E-state index contributed by atoms with van der Waals surface area (Å²) in [5.74, 6) is -1.24. The highest BCUT2D eigenvalue weighted by molar-refractivity contribution is 5.84. The smallest absolute Gasteiger partial charge is 0.387 e. The molecular weight excluding hydrogens is 258 g/mol. The number of para-hydroxylation sites is 1. The lowest BCUT2D eigenvalue weighted by atomic mass is 9.62. The highest BCUT2D eigenvalue weighted by Gasteiger charge is 2.53. The van der Waals surface area contributed by atoms with E-state index in [9.17, 15) is 23.8 Å². The van der Waals surface area contributed by atoms with E-state index in [1.807, 2.05) is 0 Å². The molecule has 2 rings (SSSR count). The summed E-state index contributed by atoms with van der Waals surface area (Å²) in [6, 6.07) is 4.63. The van der Waals surface area contributed by atoms with Crippen LogP contribution in [0.2, 0.25) is 0 Å². The monoisotopic (exact) mass is 272 g/mol. The van der Waals surface area contributed by atoms with E-state index < -0.39 is 24.1 Å². The standard InChI is InChI=1S/C13H14F2O4/c1-7-3-2-4-9(10(7)19-12(14)15)13(11(17)18)5-8(16)6-13/h2-4,8,12,16H,5-6H2,1H3,(H,17,18). The van der Waals surface area contributed by atoms with Gasteiger partial charge in [0.05, 0.1) is 6.10 Å². The Morgan fingerprint density at radius 3 is 2.58 bits per heavy atom. The zero-order chi connectivity index (χ0) is 14.2. The Hall–Kier alpha value is -1.69. The number of rotatable bonds is 4. The molecule has 0 aromatic heterocycles. The van der Waals surface area contributed by atoms with Crippen molar-refractivity contribution in [1.29, 1.82) is 0 Å². The predicted octanol–water partition coefficient (Wildman–Crippen LogP) is 2.07. The molecule has 4 nitrogen and oxygen atoms in total. The van der Waals surface area contributed by atoms with Crippen molar-refractivity contribution in [2.75, 3.05) is 0 Å².